The molecule has 1 heterocycles. The molecular formula is C27H39N3O2. The molecule has 1 unspecified atom stereocenters. The molecule has 32 heavy (non-hydrogen) atoms. The lowest BCUT2D eigenvalue weighted by Gasteiger charge is -2.55. The number of piperidine rings is 1. The topological polar surface area (TPSA) is 61.4 Å². The van der Waals surface area contributed by atoms with Crippen LogP contribution in [-0.2, 0) is 16.1 Å². The first-order valence-electron chi connectivity index (χ1n) is 12.9. The van der Waals surface area contributed by atoms with Gasteiger partial charge in [-0.05, 0) is 100 Å². The molecule has 4 aliphatic carbocycles. The first-order chi connectivity index (χ1) is 15.5. The van der Waals surface area contributed by atoms with Crippen LogP contribution in [0.25, 0.3) is 0 Å². The number of likely N-dealkylation sites (tertiary alicyclic amines) is 1. The highest BCUT2D eigenvalue weighted by Gasteiger charge is 2.54. The zero-order valence-electron chi connectivity index (χ0n) is 19.6. The molecule has 0 aromatic heterocycles. The Bertz CT molecular complexity index is 799. The van der Waals surface area contributed by atoms with E-state index >= 15 is 0 Å². The van der Waals surface area contributed by atoms with Gasteiger partial charge in [0.1, 0.15) is 0 Å². The molecule has 5 nitrogen and oxygen atoms in total. The summed E-state index contributed by atoms with van der Waals surface area (Å²) >= 11 is 0. The standard InChI is InChI=1S/C27H39N3O2/c1-19-4-2-3-11-30(19)18-20-5-7-24(8-6-20)29-25(31)9-10-28-26(32)27-15-21-12-22(16-27)14-23(13-21)17-27/h5-8,19,21-23H,2-4,9-18H2,1H3,(H,28,32)(H,29,31). The van der Waals surface area contributed by atoms with Gasteiger partial charge in [-0.1, -0.05) is 18.6 Å². The zero-order valence-corrected chi connectivity index (χ0v) is 19.6. The molecule has 2 N–H and O–H groups in total. The fourth-order valence-corrected chi connectivity index (χ4v) is 7.41. The molecule has 0 radical (unpaired) electrons. The number of carbonyl (C=O) groups excluding carboxylic acids is 2. The van der Waals surface area contributed by atoms with Crippen molar-refractivity contribution in [1.82, 2.24) is 10.2 Å². The Hall–Kier alpha value is -1.88. The van der Waals surface area contributed by atoms with Gasteiger partial charge in [0, 0.05) is 36.7 Å². The van der Waals surface area contributed by atoms with Gasteiger partial charge in [-0.25, -0.2) is 0 Å². The van der Waals surface area contributed by atoms with Gasteiger partial charge in [0.25, 0.3) is 0 Å². The molecule has 5 heteroatoms. The maximum absolute atomic E-state index is 13.0. The fourth-order valence-electron chi connectivity index (χ4n) is 7.41. The van der Waals surface area contributed by atoms with Crippen LogP contribution < -0.4 is 10.6 Å². The van der Waals surface area contributed by atoms with Crippen LogP contribution in [-0.4, -0.2) is 35.8 Å². The van der Waals surface area contributed by atoms with Crippen LogP contribution in [0.5, 0.6) is 0 Å². The molecule has 5 aliphatic rings. The molecule has 4 saturated carbocycles. The van der Waals surface area contributed by atoms with Crippen LogP contribution in [0.3, 0.4) is 0 Å². The average molecular weight is 438 g/mol. The van der Waals surface area contributed by atoms with E-state index in [1.54, 1.807) is 0 Å². The maximum atomic E-state index is 13.0. The van der Waals surface area contributed by atoms with E-state index in [2.05, 4.69) is 34.6 Å². The first-order valence-corrected chi connectivity index (χ1v) is 12.9. The molecular weight excluding hydrogens is 398 g/mol. The molecule has 1 atom stereocenters. The number of benzene rings is 1. The largest absolute Gasteiger partial charge is 0.355 e. The number of nitrogens with one attached hydrogen (secondary N) is 2. The summed E-state index contributed by atoms with van der Waals surface area (Å²) in [7, 11) is 0. The minimum atomic E-state index is -0.132. The first kappa shape index (κ1) is 21.9. The minimum Gasteiger partial charge on any atom is -0.355 e. The van der Waals surface area contributed by atoms with E-state index in [-0.39, 0.29) is 17.2 Å². The minimum absolute atomic E-state index is 0.0341. The van der Waals surface area contributed by atoms with Crippen LogP contribution >= 0.6 is 0 Å². The summed E-state index contributed by atoms with van der Waals surface area (Å²) in [5.74, 6) is 2.46. The van der Waals surface area contributed by atoms with Crippen LogP contribution in [0.15, 0.2) is 24.3 Å². The fraction of sp³-hybridized carbons (Fsp3) is 0.704. The van der Waals surface area contributed by atoms with Crippen molar-refractivity contribution in [3.8, 4) is 0 Å². The quantitative estimate of drug-likeness (QED) is 0.649. The number of hydrogen-bond acceptors (Lipinski definition) is 3. The Morgan fingerprint density at radius 2 is 1.66 bits per heavy atom. The number of hydrogen-bond donors (Lipinski definition) is 2. The monoisotopic (exact) mass is 437 g/mol. The summed E-state index contributed by atoms with van der Waals surface area (Å²) < 4.78 is 0. The summed E-state index contributed by atoms with van der Waals surface area (Å²) in [6.45, 7) is 4.90. The van der Waals surface area contributed by atoms with Crippen LogP contribution in [0, 0.1) is 23.2 Å². The third kappa shape index (κ3) is 4.73. The lowest BCUT2D eigenvalue weighted by Crippen LogP contribution is -2.53. The predicted molar refractivity (Wildman–Crippen MR) is 127 cm³/mol. The summed E-state index contributed by atoms with van der Waals surface area (Å²) in [5.41, 5.74) is 1.99. The average Bonchev–Trinajstić information content (AvgIpc) is 2.76. The predicted octanol–water partition coefficient (Wildman–Crippen LogP) is 4.72. The summed E-state index contributed by atoms with van der Waals surface area (Å²) in [4.78, 5) is 28.0. The highest BCUT2D eigenvalue weighted by molar-refractivity contribution is 5.91. The van der Waals surface area contributed by atoms with E-state index in [1.807, 2.05) is 12.1 Å². The molecule has 1 aromatic rings. The molecule has 6 rings (SSSR count). The van der Waals surface area contributed by atoms with Crippen LogP contribution in [0.1, 0.15) is 76.7 Å². The number of carbonyl (C=O) groups is 2. The Balaban J connectivity index is 1.06. The Morgan fingerprint density at radius 3 is 2.28 bits per heavy atom. The number of amides is 2. The highest BCUT2D eigenvalue weighted by Crippen LogP contribution is 2.60. The summed E-state index contributed by atoms with van der Waals surface area (Å²) in [6.07, 6.45) is 11.5. The smallest absolute Gasteiger partial charge is 0.226 e. The third-order valence-electron chi connectivity index (χ3n) is 8.72. The van der Waals surface area contributed by atoms with Gasteiger partial charge in [0.05, 0.1) is 0 Å². The second kappa shape index (κ2) is 9.17. The molecule has 1 aliphatic heterocycles. The normalized spacial score (nSPS) is 33.8. The van der Waals surface area contributed by atoms with E-state index < -0.39 is 0 Å². The van der Waals surface area contributed by atoms with E-state index in [0.29, 0.717) is 19.0 Å². The lowest BCUT2D eigenvalue weighted by atomic mass is 9.49. The molecule has 0 spiro atoms. The van der Waals surface area contributed by atoms with Gasteiger partial charge >= 0.3 is 0 Å². The number of nitrogens with zero attached hydrogens (tertiary/aromatic N) is 1. The lowest BCUT2D eigenvalue weighted by molar-refractivity contribution is -0.146. The van der Waals surface area contributed by atoms with Crippen molar-refractivity contribution in [1.29, 1.82) is 0 Å². The molecule has 2 amide bonds. The maximum Gasteiger partial charge on any atom is 0.226 e. The Labute approximate surface area is 192 Å². The highest BCUT2D eigenvalue weighted by atomic mass is 16.2. The van der Waals surface area contributed by atoms with Crippen molar-refractivity contribution in [3.63, 3.8) is 0 Å². The van der Waals surface area contributed by atoms with Crippen molar-refractivity contribution in [2.24, 2.45) is 23.2 Å². The number of anilines is 1. The molecule has 1 aromatic carbocycles. The Morgan fingerprint density at radius 1 is 1.00 bits per heavy atom. The van der Waals surface area contributed by atoms with Crippen molar-refractivity contribution >= 4 is 17.5 Å². The summed E-state index contributed by atoms with van der Waals surface area (Å²) in [6, 6.07) is 8.88. The molecule has 5 fully saturated rings. The third-order valence-corrected chi connectivity index (χ3v) is 8.72. The van der Waals surface area contributed by atoms with Gasteiger partial charge in [-0.15, -0.1) is 0 Å². The van der Waals surface area contributed by atoms with Gasteiger partial charge in [-0.2, -0.15) is 0 Å². The van der Waals surface area contributed by atoms with E-state index in [0.717, 1.165) is 49.2 Å². The van der Waals surface area contributed by atoms with E-state index in [9.17, 15) is 9.59 Å². The van der Waals surface area contributed by atoms with Crippen molar-refractivity contribution in [2.45, 2.75) is 83.7 Å². The molecule has 1 saturated heterocycles. The van der Waals surface area contributed by atoms with Crippen molar-refractivity contribution in [2.75, 3.05) is 18.4 Å². The number of rotatable bonds is 7. The van der Waals surface area contributed by atoms with Crippen LogP contribution in [0.2, 0.25) is 0 Å². The van der Waals surface area contributed by atoms with Gasteiger partial charge in [-0.3, -0.25) is 14.5 Å². The van der Waals surface area contributed by atoms with Crippen LogP contribution in [0.4, 0.5) is 5.69 Å². The van der Waals surface area contributed by atoms with Gasteiger partial charge < -0.3 is 10.6 Å². The van der Waals surface area contributed by atoms with Crippen molar-refractivity contribution < 1.29 is 9.59 Å². The van der Waals surface area contributed by atoms with Gasteiger partial charge in [0.2, 0.25) is 11.8 Å². The Kier molecular flexibility index (Phi) is 6.28. The second-order valence-electron chi connectivity index (χ2n) is 11.3. The van der Waals surface area contributed by atoms with E-state index in [4.69, 9.17) is 0 Å². The molecule has 174 valence electrons. The van der Waals surface area contributed by atoms with Crippen molar-refractivity contribution in [3.05, 3.63) is 29.8 Å². The van der Waals surface area contributed by atoms with E-state index in [1.165, 1.54) is 50.6 Å². The van der Waals surface area contributed by atoms with Gasteiger partial charge in [0.15, 0.2) is 0 Å². The summed E-state index contributed by atoms with van der Waals surface area (Å²) in [5, 5.41) is 6.10. The second-order valence-corrected chi connectivity index (χ2v) is 11.3. The SMILES string of the molecule is CC1CCCCN1Cc1ccc(NC(=O)CCNC(=O)C23CC4CC(CC(C4)C2)C3)cc1. The molecule has 4 bridgehead atoms. The zero-order chi connectivity index (χ0) is 22.1.